The number of pyridine rings is 1. The first-order valence-corrected chi connectivity index (χ1v) is 14.0. The molecule has 0 saturated heterocycles. The Labute approximate surface area is 241 Å². The molecule has 0 spiro atoms. The molecule has 0 fully saturated rings. The van der Waals surface area contributed by atoms with Crippen molar-refractivity contribution in [2.45, 2.75) is 52.2 Å². The van der Waals surface area contributed by atoms with Crippen LogP contribution < -0.4 is 11.1 Å². The molecule has 193 valence electrons. The number of aromatic hydroxyl groups is 1. The van der Waals surface area contributed by atoms with Gasteiger partial charge in [-0.05, 0) is 56.6 Å². The van der Waals surface area contributed by atoms with Crippen molar-refractivity contribution in [1.82, 2.24) is 18.9 Å². The second-order valence-electron chi connectivity index (χ2n) is 7.59. The standard InChI is InChI=1S/C11H15ClN2O2.C11H11ClN2O2.CH3I.V.H2/c2*1-7-8(4-5-12)11(16)14-6-2-3-9(15)10(14)13-7;1-2;;/h9,15H,2-6H2,1H3;2-3,6,15H,4-5H2,1H3;1H3;;1H. The first-order chi connectivity index (χ1) is 16.3. The van der Waals surface area contributed by atoms with E-state index >= 15 is 0 Å². The minimum absolute atomic E-state index is 0. The van der Waals surface area contributed by atoms with Gasteiger partial charge in [-0.2, -0.15) is 0 Å². The summed E-state index contributed by atoms with van der Waals surface area (Å²) in [4.78, 5) is 34.7. The van der Waals surface area contributed by atoms with Crippen molar-refractivity contribution in [2.24, 2.45) is 0 Å². The van der Waals surface area contributed by atoms with Crippen LogP contribution in [0.25, 0.3) is 5.65 Å². The van der Waals surface area contributed by atoms with Crippen LogP contribution in [0.1, 0.15) is 48.7 Å². The van der Waals surface area contributed by atoms with Crippen molar-refractivity contribution in [3.05, 3.63) is 67.4 Å². The van der Waals surface area contributed by atoms with Crippen LogP contribution in [0, 0.1) is 13.8 Å². The van der Waals surface area contributed by atoms with Crippen LogP contribution in [0.5, 0.6) is 5.75 Å². The number of hydrogen-bond acceptors (Lipinski definition) is 6. The van der Waals surface area contributed by atoms with E-state index in [4.69, 9.17) is 23.2 Å². The van der Waals surface area contributed by atoms with Crippen LogP contribution in [0.3, 0.4) is 0 Å². The SMILES string of the molecule is CI.Cc1nc2c(O)cccn2c(=O)c1CCCl.Cc1nc2n(c(=O)c1CCCl)CCCC2O.[HH].[V]. The maximum Gasteiger partial charge on any atom is 0.261 e. The summed E-state index contributed by atoms with van der Waals surface area (Å²) in [5, 5.41) is 19.4. The molecule has 0 aliphatic carbocycles. The summed E-state index contributed by atoms with van der Waals surface area (Å²) >= 11 is 13.5. The normalized spacial score (nSPS) is 14.1. The molecule has 1 aliphatic rings. The Morgan fingerprint density at radius 2 is 1.66 bits per heavy atom. The fourth-order valence-corrected chi connectivity index (χ4v) is 4.20. The molecule has 35 heavy (non-hydrogen) atoms. The summed E-state index contributed by atoms with van der Waals surface area (Å²) in [5.74, 6) is 1.30. The topological polar surface area (TPSA) is 110 Å². The van der Waals surface area contributed by atoms with E-state index in [0.717, 1.165) is 6.42 Å². The maximum atomic E-state index is 12.1. The van der Waals surface area contributed by atoms with Crippen molar-refractivity contribution >= 4 is 51.4 Å². The van der Waals surface area contributed by atoms with Gasteiger partial charge in [-0.1, -0.05) is 22.6 Å². The number of rotatable bonds is 4. The largest absolute Gasteiger partial charge is 0.504 e. The number of halogens is 3. The minimum Gasteiger partial charge on any atom is -0.504 e. The minimum atomic E-state index is -0.606. The number of aliphatic hydroxyl groups is 1. The van der Waals surface area contributed by atoms with E-state index in [1.165, 1.54) is 10.5 Å². The Hall–Kier alpha value is -1.11. The number of fused-ring (bicyclic) bond motifs is 2. The van der Waals surface area contributed by atoms with Gasteiger partial charge in [-0.25, -0.2) is 9.97 Å². The first-order valence-electron chi connectivity index (χ1n) is 10.8. The van der Waals surface area contributed by atoms with Crippen LogP contribution in [-0.4, -0.2) is 45.8 Å². The van der Waals surface area contributed by atoms with Crippen LogP contribution in [0.15, 0.2) is 27.9 Å². The van der Waals surface area contributed by atoms with Crippen molar-refractivity contribution < 1.29 is 30.2 Å². The summed E-state index contributed by atoms with van der Waals surface area (Å²) in [5.41, 5.74) is 2.65. The molecule has 1 atom stereocenters. The molecule has 8 nitrogen and oxygen atoms in total. The van der Waals surface area contributed by atoms with E-state index in [-0.39, 0.29) is 42.5 Å². The molecule has 4 rings (SSSR count). The second-order valence-corrected chi connectivity index (χ2v) is 8.35. The Bertz CT molecular complexity index is 1260. The average Bonchev–Trinajstić information content (AvgIpc) is 2.83. The number of aliphatic hydroxyl groups excluding tert-OH is 1. The molecule has 3 aromatic rings. The fourth-order valence-electron chi connectivity index (χ4n) is 3.82. The van der Waals surface area contributed by atoms with Crippen molar-refractivity contribution in [3.63, 3.8) is 0 Å². The molecule has 0 aromatic carbocycles. The monoisotopic (exact) mass is 675 g/mol. The number of nitrogens with zero attached hydrogens (tertiary/aromatic N) is 4. The number of aryl methyl sites for hydroxylation is 2. The van der Waals surface area contributed by atoms with E-state index in [2.05, 4.69) is 32.6 Å². The van der Waals surface area contributed by atoms with Gasteiger partial charge in [0.1, 0.15) is 11.9 Å². The van der Waals surface area contributed by atoms with E-state index in [9.17, 15) is 19.8 Å². The van der Waals surface area contributed by atoms with Crippen LogP contribution in [-0.2, 0) is 37.9 Å². The third kappa shape index (κ3) is 7.46. The molecule has 1 unspecified atom stereocenters. The summed E-state index contributed by atoms with van der Waals surface area (Å²) in [6.07, 6.45) is 3.50. The Morgan fingerprint density at radius 3 is 2.26 bits per heavy atom. The van der Waals surface area contributed by atoms with E-state index < -0.39 is 6.10 Å². The molecular formula is C23H31Cl2IN4O4V. The summed E-state index contributed by atoms with van der Waals surface area (Å²) in [6, 6.07) is 3.10. The zero-order chi connectivity index (χ0) is 25.4. The molecule has 0 bridgehead atoms. The maximum absolute atomic E-state index is 12.1. The van der Waals surface area contributed by atoms with Gasteiger partial charge in [0, 0.05) is 67.0 Å². The molecular weight excluding hydrogens is 645 g/mol. The Balaban J connectivity index is 0.000000605. The number of aromatic nitrogens is 4. The third-order valence-corrected chi connectivity index (χ3v) is 5.86. The predicted molar refractivity (Wildman–Crippen MR) is 146 cm³/mol. The summed E-state index contributed by atoms with van der Waals surface area (Å²) in [6.45, 7) is 4.19. The van der Waals surface area contributed by atoms with E-state index in [0.29, 0.717) is 65.9 Å². The van der Waals surface area contributed by atoms with Crippen LogP contribution in [0.4, 0.5) is 0 Å². The van der Waals surface area contributed by atoms with E-state index in [1.54, 1.807) is 30.7 Å². The number of alkyl halides is 3. The van der Waals surface area contributed by atoms with Gasteiger partial charge in [0.2, 0.25) is 0 Å². The summed E-state index contributed by atoms with van der Waals surface area (Å²) in [7, 11) is 0. The van der Waals surface area contributed by atoms with Gasteiger partial charge in [0.15, 0.2) is 11.4 Å². The molecule has 1 radical (unpaired) electrons. The van der Waals surface area contributed by atoms with Gasteiger partial charge < -0.3 is 10.2 Å². The molecule has 12 heteroatoms. The van der Waals surface area contributed by atoms with E-state index in [1.807, 2.05) is 4.93 Å². The Morgan fingerprint density at radius 1 is 1.09 bits per heavy atom. The van der Waals surface area contributed by atoms with Gasteiger partial charge in [0.05, 0.1) is 0 Å². The van der Waals surface area contributed by atoms with Gasteiger partial charge in [-0.3, -0.25) is 18.6 Å². The van der Waals surface area contributed by atoms with Crippen LogP contribution >= 0.6 is 45.8 Å². The quantitative estimate of drug-likeness (QED) is 0.320. The van der Waals surface area contributed by atoms with Crippen molar-refractivity contribution in [3.8, 4) is 5.75 Å². The predicted octanol–water partition coefficient (Wildman–Crippen LogP) is 3.94. The van der Waals surface area contributed by atoms with Gasteiger partial charge >= 0.3 is 0 Å². The molecule has 3 aromatic heterocycles. The zero-order valence-corrected chi connectivity index (χ0v) is 24.9. The molecule has 0 saturated carbocycles. The average molecular weight is 676 g/mol. The summed E-state index contributed by atoms with van der Waals surface area (Å²) < 4.78 is 2.92. The van der Waals surface area contributed by atoms with Crippen molar-refractivity contribution in [2.75, 3.05) is 16.7 Å². The smallest absolute Gasteiger partial charge is 0.261 e. The fraction of sp³-hybridized carbons (Fsp3) is 0.478. The molecule has 4 heterocycles. The third-order valence-electron chi connectivity index (χ3n) is 5.48. The first kappa shape index (κ1) is 31.9. The Kier molecular flexibility index (Phi) is 13.9. The van der Waals surface area contributed by atoms with Gasteiger partial charge in [-0.15, -0.1) is 23.2 Å². The second kappa shape index (κ2) is 15.2. The van der Waals surface area contributed by atoms with Gasteiger partial charge in [0.25, 0.3) is 11.1 Å². The zero-order valence-electron chi connectivity index (χ0n) is 19.8. The molecule has 2 N–H and O–H groups in total. The number of hydrogen-bond donors (Lipinski definition) is 2. The molecule has 0 amide bonds. The van der Waals surface area contributed by atoms with Crippen molar-refractivity contribution in [1.29, 1.82) is 0 Å². The van der Waals surface area contributed by atoms with Crippen LogP contribution in [0.2, 0.25) is 0 Å². The molecule has 1 aliphatic heterocycles.